The van der Waals surface area contributed by atoms with Crippen molar-refractivity contribution < 1.29 is 0 Å². The molecule has 0 amide bonds. The first-order chi connectivity index (χ1) is 6.15. The van der Waals surface area contributed by atoms with Crippen LogP contribution in [0.3, 0.4) is 0 Å². The van der Waals surface area contributed by atoms with Crippen molar-refractivity contribution >= 4 is 5.95 Å². The molecule has 4 nitrogen and oxygen atoms in total. The van der Waals surface area contributed by atoms with Crippen LogP contribution in [0, 0.1) is 0 Å². The zero-order valence-electron chi connectivity index (χ0n) is 8.36. The Balaban J connectivity index is 2.91. The molecule has 0 saturated carbocycles. The SMILES string of the molecule is CC(CN)c1ccnc(N(C)C)n1. The van der Waals surface area contributed by atoms with Gasteiger partial charge in [0.05, 0.1) is 5.69 Å². The van der Waals surface area contributed by atoms with E-state index in [1.165, 1.54) is 0 Å². The molecule has 2 N–H and O–H groups in total. The molecule has 0 spiro atoms. The van der Waals surface area contributed by atoms with Crippen LogP contribution in [0.25, 0.3) is 0 Å². The molecule has 1 aromatic heterocycles. The van der Waals surface area contributed by atoms with Gasteiger partial charge in [-0.1, -0.05) is 6.92 Å². The van der Waals surface area contributed by atoms with E-state index in [0.29, 0.717) is 12.5 Å². The molecule has 1 rings (SSSR count). The Morgan fingerprint density at radius 3 is 2.77 bits per heavy atom. The number of nitrogens with zero attached hydrogens (tertiary/aromatic N) is 3. The van der Waals surface area contributed by atoms with Crippen LogP contribution >= 0.6 is 0 Å². The molecule has 1 heterocycles. The molecule has 0 radical (unpaired) electrons. The Morgan fingerprint density at radius 2 is 2.23 bits per heavy atom. The average Bonchev–Trinajstić information content (AvgIpc) is 2.17. The van der Waals surface area contributed by atoms with Crippen molar-refractivity contribution in [2.45, 2.75) is 12.8 Å². The summed E-state index contributed by atoms with van der Waals surface area (Å²) < 4.78 is 0. The van der Waals surface area contributed by atoms with E-state index >= 15 is 0 Å². The maximum atomic E-state index is 5.56. The number of hydrogen-bond acceptors (Lipinski definition) is 4. The molecule has 1 atom stereocenters. The summed E-state index contributed by atoms with van der Waals surface area (Å²) in [7, 11) is 3.85. The van der Waals surface area contributed by atoms with Gasteiger partial charge in [0, 0.05) is 32.8 Å². The summed E-state index contributed by atoms with van der Waals surface area (Å²) >= 11 is 0. The Hall–Kier alpha value is -1.16. The quantitative estimate of drug-likeness (QED) is 0.740. The first kappa shape index (κ1) is 9.92. The van der Waals surface area contributed by atoms with Crippen molar-refractivity contribution in [3.8, 4) is 0 Å². The van der Waals surface area contributed by atoms with Gasteiger partial charge in [-0.25, -0.2) is 9.97 Å². The Labute approximate surface area is 78.8 Å². The Bertz CT molecular complexity index is 272. The Kier molecular flexibility index (Phi) is 3.19. The highest BCUT2D eigenvalue weighted by atomic mass is 15.2. The molecule has 1 aromatic rings. The number of aromatic nitrogens is 2. The highest BCUT2D eigenvalue weighted by molar-refractivity contribution is 5.28. The fraction of sp³-hybridized carbons (Fsp3) is 0.556. The van der Waals surface area contributed by atoms with E-state index < -0.39 is 0 Å². The molecule has 13 heavy (non-hydrogen) atoms. The fourth-order valence-electron chi connectivity index (χ4n) is 0.973. The molecule has 4 heteroatoms. The molecule has 0 aliphatic rings. The van der Waals surface area contributed by atoms with Gasteiger partial charge in [0.1, 0.15) is 0 Å². The van der Waals surface area contributed by atoms with Gasteiger partial charge in [0.2, 0.25) is 5.95 Å². The van der Waals surface area contributed by atoms with Gasteiger partial charge in [-0.2, -0.15) is 0 Å². The van der Waals surface area contributed by atoms with Crippen LogP contribution in [0.2, 0.25) is 0 Å². The largest absolute Gasteiger partial charge is 0.347 e. The van der Waals surface area contributed by atoms with Crippen molar-refractivity contribution in [1.29, 1.82) is 0 Å². The van der Waals surface area contributed by atoms with Crippen LogP contribution in [0.1, 0.15) is 18.5 Å². The van der Waals surface area contributed by atoms with E-state index in [-0.39, 0.29) is 0 Å². The lowest BCUT2D eigenvalue weighted by atomic mass is 10.1. The van der Waals surface area contributed by atoms with Gasteiger partial charge in [-0.15, -0.1) is 0 Å². The van der Waals surface area contributed by atoms with Crippen LogP contribution in [-0.4, -0.2) is 30.6 Å². The summed E-state index contributed by atoms with van der Waals surface area (Å²) in [6.45, 7) is 2.67. The molecule has 0 fully saturated rings. The monoisotopic (exact) mass is 180 g/mol. The van der Waals surface area contributed by atoms with Crippen molar-refractivity contribution in [3.63, 3.8) is 0 Å². The van der Waals surface area contributed by atoms with Gasteiger partial charge in [0.25, 0.3) is 0 Å². The molecule has 0 saturated heterocycles. The smallest absolute Gasteiger partial charge is 0.224 e. The van der Waals surface area contributed by atoms with Crippen molar-refractivity contribution in [2.75, 3.05) is 25.5 Å². The first-order valence-corrected chi connectivity index (χ1v) is 4.35. The predicted molar refractivity (Wildman–Crippen MR) is 53.8 cm³/mol. The minimum Gasteiger partial charge on any atom is -0.347 e. The summed E-state index contributed by atoms with van der Waals surface area (Å²) in [4.78, 5) is 10.4. The second-order valence-corrected chi connectivity index (χ2v) is 3.31. The first-order valence-electron chi connectivity index (χ1n) is 4.35. The van der Waals surface area contributed by atoms with Crippen LogP contribution in [0.15, 0.2) is 12.3 Å². The maximum Gasteiger partial charge on any atom is 0.224 e. The Morgan fingerprint density at radius 1 is 1.54 bits per heavy atom. The summed E-state index contributed by atoms with van der Waals surface area (Å²) in [5.41, 5.74) is 6.56. The van der Waals surface area contributed by atoms with Gasteiger partial charge >= 0.3 is 0 Å². The van der Waals surface area contributed by atoms with E-state index in [4.69, 9.17) is 5.73 Å². The number of hydrogen-bond donors (Lipinski definition) is 1. The topological polar surface area (TPSA) is 55.0 Å². The van der Waals surface area contributed by atoms with Gasteiger partial charge in [0.15, 0.2) is 0 Å². The van der Waals surface area contributed by atoms with Gasteiger partial charge < -0.3 is 10.6 Å². The van der Waals surface area contributed by atoms with Crippen molar-refractivity contribution in [2.24, 2.45) is 5.73 Å². The molecule has 0 bridgehead atoms. The number of anilines is 1. The van der Waals surface area contributed by atoms with E-state index in [0.717, 1.165) is 11.6 Å². The summed E-state index contributed by atoms with van der Waals surface area (Å²) in [5, 5.41) is 0. The van der Waals surface area contributed by atoms with Crippen molar-refractivity contribution in [1.82, 2.24) is 9.97 Å². The molecular formula is C9H16N4. The van der Waals surface area contributed by atoms with E-state index in [9.17, 15) is 0 Å². The second-order valence-electron chi connectivity index (χ2n) is 3.31. The third-order valence-corrected chi connectivity index (χ3v) is 1.92. The molecule has 0 aromatic carbocycles. The van der Waals surface area contributed by atoms with Crippen LogP contribution < -0.4 is 10.6 Å². The highest BCUT2D eigenvalue weighted by Crippen LogP contribution is 2.12. The van der Waals surface area contributed by atoms with Crippen molar-refractivity contribution in [3.05, 3.63) is 18.0 Å². The molecular weight excluding hydrogens is 164 g/mol. The zero-order valence-corrected chi connectivity index (χ0v) is 8.36. The third-order valence-electron chi connectivity index (χ3n) is 1.92. The molecule has 0 aliphatic heterocycles. The van der Waals surface area contributed by atoms with E-state index in [1.54, 1.807) is 6.20 Å². The second kappa shape index (κ2) is 4.18. The van der Waals surface area contributed by atoms with Crippen LogP contribution in [0.5, 0.6) is 0 Å². The lowest BCUT2D eigenvalue weighted by molar-refractivity contribution is 0.738. The molecule has 1 unspecified atom stereocenters. The summed E-state index contributed by atoms with van der Waals surface area (Å²) in [6, 6.07) is 1.91. The van der Waals surface area contributed by atoms with E-state index in [2.05, 4.69) is 16.9 Å². The number of nitrogens with two attached hydrogens (primary N) is 1. The molecule has 72 valence electrons. The lowest BCUT2D eigenvalue weighted by Gasteiger charge is -2.13. The van der Waals surface area contributed by atoms with Gasteiger partial charge in [-0.3, -0.25) is 0 Å². The summed E-state index contributed by atoms with van der Waals surface area (Å²) in [6.07, 6.45) is 1.77. The minimum atomic E-state index is 0.293. The summed E-state index contributed by atoms with van der Waals surface area (Å²) in [5.74, 6) is 1.03. The van der Waals surface area contributed by atoms with E-state index in [1.807, 2.05) is 25.1 Å². The fourth-order valence-corrected chi connectivity index (χ4v) is 0.973. The van der Waals surface area contributed by atoms with Gasteiger partial charge in [-0.05, 0) is 6.07 Å². The van der Waals surface area contributed by atoms with Crippen LogP contribution in [-0.2, 0) is 0 Å². The lowest BCUT2D eigenvalue weighted by Crippen LogP contribution is -2.16. The number of rotatable bonds is 3. The standard InChI is InChI=1S/C9H16N4/c1-7(6-10)8-4-5-11-9(12-8)13(2)3/h4-5,7H,6,10H2,1-3H3. The van der Waals surface area contributed by atoms with Crippen LogP contribution in [0.4, 0.5) is 5.95 Å². The average molecular weight is 180 g/mol. The predicted octanol–water partition coefficient (Wildman–Crippen LogP) is 0.605. The maximum absolute atomic E-state index is 5.56. The highest BCUT2D eigenvalue weighted by Gasteiger charge is 2.06. The minimum absolute atomic E-state index is 0.293. The third kappa shape index (κ3) is 2.39. The normalized spacial score (nSPS) is 12.6. The zero-order chi connectivity index (χ0) is 9.84. The molecule has 0 aliphatic carbocycles.